The molecular formula is C23H31N3O4S. The summed E-state index contributed by atoms with van der Waals surface area (Å²) in [6.07, 6.45) is 2.90. The lowest BCUT2D eigenvalue weighted by Crippen LogP contribution is -2.38. The number of rotatable bonds is 4. The molecule has 0 radical (unpaired) electrons. The van der Waals surface area contributed by atoms with Crippen LogP contribution in [0.15, 0.2) is 0 Å². The number of fused-ring (bicyclic) bond motifs is 3. The van der Waals surface area contributed by atoms with E-state index in [1.807, 2.05) is 6.92 Å². The molecule has 2 aromatic heterocycles. The van der Waals surface area contributed by atoms with Gasteiger partial charge in [-0.25, -0.2) is 9.78 Å². The molecule has 0 unspecified atom stereocenters. The van der Waals surface area contributed by atoms with Crippen LogP contribution in [0.25, 0.3) is 10.2 Å². The SMILES string of the molecule is COC(=O)c1sc2nc(C)c3c(c2c1NC(=O)CN1CCC(C)CC1)CC(C)(C)OC3. The number of carbonyl (C=O) groups is 2. The molecule has 0 aliphatic carbocycles. The standard InChI is InChI=1S/C23H31N3O4S/c1-13-6-8-26(9-7-13)11-17(27)25-19-18-15-10-23(3,4)30-12-16(15)14(2)24-21(18)31-20(19)22(28)29-5/h13H,6-12H2,1-5H3,(H,25,27). The van der Waals surface area contributed by atoms with Crippen LogP contribution in [0.4, 0.5) is 5.69 Å². The van der Waals surface area contributed by atoms with E-state index in [0.29, 0.717) is 36.1 Å². The van der Waals surface area contributed by atoms with Crippen LogP contribution in [0, 0.1) is 12.8 Å². The zero-order valence-electron chi connectivity index (χ0n) is 19.0. The molecule has 0 saturated carbocycles. The summed E-state index contributed by atoms with van der Waals surface area (Å²) >= 11 is 1.28. The van der Waals surface area contributed by atoms with Gasteiger partial charge in [0.05, 0.1) is 31.5 Å². The van der Waals surface area contributed by atoms with Gasteiger partial charge in [-0.3, -0.25) is 9.69 Å². The number of hydrogen-bond acceptors (Lipinski definition) is 7. The van der Waals surface area contributed by atoms with E-state index in [1.54, 1.807) is 0 Å². The molecule has 168 valence electrons. The van der Waals surface area contributed by atoms with E-state index in [9.17, 15) is 9.59 Å². The summed E-state index contributed by atoms with van der Waals surface area (Å²) in [4.78, 5) is 33.6. The Bertz CT molecular complexity index is 1020. The number of thiophene rings is 1. The van der Waals surface area contributed by atoms with Gasteiger partial charge in [0.1, 0.15) is 9.71 Å². The number of methoxy groups -OCH3 is 1. The first kappa shape index (κ1) is 22.2. The Labute approximate surface area is 187 Å². The van der Waals surface area contributed by atoms with Crippen LogP contribution in [0.1, 0.15) is 60.1 Å². The Morgan fingerprint density at radius 1 is 1.29 bits per heavy atom. The Balaban J connectivity index is 1.73. The van der Waals surface area contributed by atoms with Gasteiger partial charge < -0.3 is 14.8 Å². The van der Waals surface area contributed by atoms with Crippen LogP contribution in [-0.2, 0) is 27.3 Å². The van der Waals surface area contributed by atoms with E-state index in [1.165, 1.54) is 18.4 Å². The van der Waals surface area contributed by atoms with Crippen molar-refractivity contribution < 1.29 is 19.1 Å². The summed E-state index contributed by atoms with van der Waals surface area (Å²) in [6, 6.07) is 0. The zero-order chi connectivity index (χ0) is 22.3. The highest BCUT2D eigenvalue weighted by molar-refractivity contribution is 7.21. The predicted octanol–water partition coefficient (Wildman–Crippen LogP) is 3.91. The van der Waals surface area contributed by atoms with Crippen molar-refractivity contribution in [2.45, 2.75) is 59.2 Å². The van der Waals surface area contributed by atoms with Gasteiger partial charge >= 0.3 is 5.97 Å². The molecule has 2 aliphatic rings. The number of pyridine rings is 1. The number of esters is 1. The second-order valence-corrected chi connectivity index (χ2v) is 10.4. The van der Waals surface area contributed by atoms with Crippen molar-refractivity contribution in [2.75, 3.05) is 32.1 Å². The Morgan fingerprint density at radius 2 is 2.00 bits per heavy atom. The van der Waals surface area contributed by atoms with E-state index in [2.05, 4.69) is 31.0 Å². The molecule has 0 bridgehead atoms. The fraction of sp³-hybridized carbons (Fsp3) is 0.609. The Morgan fingerprint density at radius 3 is 2.68 bits per heavy atom. The largest absolute Gasteiger partial charge is 0.465 e. The van der Waals surface area contributed by atoms with Crippen molar-refractivity contribution in [1.82, 2.24) is 9.88 Å². The monoisotopic (exact) mass is 445 g/mol. The molecule has 2 aromatic rings. The van der Waals surface area contributed by atoms with Crippen molar-refractivity contribution in [2.24, 2.45) is 5.92 Å². The summed E-state index contributed by atoms with van der Waals surface area (Å²) in [5, 5.41) is 3.90. The Hall–Kier alpha value is -2.03. The number of nitrogens with zero attached hydrogens (tertiary/aromatic N) is 2. The smallest absolute Gasteiger partial charge is 0.350 e. The molecule has 1 fully saturated rings. The van der Waals surface area contributed by atoms with Crippen molar-refractivity contribution in [3.8, 4) is 0 Å². The highest BCUT2D eigenvalue weighted by Crippen LogP contribution is 2.43. The fourth-order valence-corrected chi connectivity index (χ4v) is 5.58. The van der Waals surface area contributed by atoms with Gasteiger partial charge in [0.15, 0.2) is 0 Å². The summed E-state index contributed by atoms with van der Waals surface area (Å²) in [5.41, 5.74) is 3.25. The molecule has 1 N–H and O–H groups in total. The van der Waals surface area contributed by atoms with Crippen molar-refractivity contribution >= 4 is 39.1 Å². The number of nitrogens with one attached hydrogen (secondary N) is 1. The summed E-state index contributed by atoms with van der Waals surface area (Å²) in [6.45, 7) is 11.0. The third-order valence-corrected chi connectivity index (χ3v) is 7.41. The third kappa shape index (κ3) is 4.47. The van der Waals surface area contributed by atoms with Crippen molar-refractivity contribution in [3.05, 3.63) is 21.7 Å². The predicted molar refractivity (Wildman–Crippen MR) is 122 cm³/mol. The first-order chi connectivity index (χ1) is 14.7. The number of ether oxygens (including phenoxy) is 2. The minimum atomic E-state index is -0.456. The quantitative estimate of drug-likeness (QED) is 0.719. The maximum atomic E-state index is 13.0. The van der Waals surface area contributed by atoms with Gasteiger partial charge in [0.2, 0.25) is 5.91 Å². The van der Waals surface area contributed by atoms with Gasteiger partial charge in [-0.15, -0.1) is 11.3 Å². The van der Waals surface area contributed by atoms with Crippen LogP contribution in [0.5, 0.6) is 0 Å². The van der Waals surface area contributed by atoms with Gasteiger partial charge in [-0.2, -0.15) is 0 Å². The van der Waals surface area contributed by atoms with Crippen LogP contribution in [0.3, 0.4) is 0 Å². The number of piperidine rings is 1. The number of carbonyl (C=O) groups excluding carboxylic acids is 2. The van der Waals surface area contributed by atoms with Gasteiger partial charge in [0.25, 0.3) is 0 Å². The maximum absolute atomic E-state index is 13.0. The second-order valence-electron chi connectivity index (χ2n) is 9.36. The molecule has 0 atom stereocenters. The lowest BCUT2D eigenvalue weighted by atomic mass is 9.89. The van der Waals surface area contributed by atoms with Crippen LogP contribution >= 0.6 is 11.3 Å². The molecule has 0 spiro atoms. The van der Waals surface area contributed by atoms with Crippen molar-refractivity contribution in [3.63, 3.8) is 0 Å². The normalized spacial score (nSPS) is 19.3. The van der Waals surface area contributed by atoms with Gasteiger partial charge in [-0.05, 0) is 58.2 Å². The number of aryl methyl sites for hydroxylation is 1. The average molecular weight is 446 g/mol. The van der Waals surface area contributed by atoms with Gasteiger partial charge in [-0.1, -0.05) is 6.92 Å². The minimum Gasteiger partial charge on any atom is -0.465 e. The van der Waals surface area contributed by atoms with Crippen LogP contribution in [0.2, 0.25) is 0 Å². The molecule has 2 aliphatic heterocycles. The second kappa shape index (κ2) is 8.48. The van der Waals surface area contributed by atoms with Crippen molar-refractivity contribution in [1.29, 1.82) is 0 Å². The summed E-state index contributed by atoms with van der Waals surface area (Å²) in [7, 11) is 1.36. The number of aromatic nitrogens is 1. The molecule has 4 heterocycles. The lowest BCUT2D eigenvalue weighted by molar-refractivity contribution is -0.117. The molecule has 7 nitrogen and oxygen atoms in total. The topological polar surface area (TPSA) is 80.8 Å². The third-order valence-electron chi connectivity index (χ3n) is 6.35. The van der Waals surface area contributed by atoms with Crippen LogP contribution < -0.4 is 5.32 Å². The Kier molecular flexibility index (Phi) is 6.07. The number of amides is 1. The summed E-state index contributed by atoms with van der Waals surface area (Å²) < 4.78 is 11.0. The molecule has 4 rings (SSSR count). The van der Waals surface area contributed by atoms with E-state index < -0.39 is 5.97 Å². The highest BCUT2D eigenvalue weighted by atomic mass is 32.1. The highest BCUT2D eigenvalue weighted by Gasteiger charge is 2.33. The lowest BCUT2D eigenvalue weighted by Gasteiger charge is -2.33. The minimum absolute atomic E-state index is 0.111. The zero-order valence-corrected chi connectivity index (χ0v) is 19.8. The van der Waals surface area contributed by atoms with Crippen LogP contribution in [-0.4, -0.2) is 54.1 Å². The number of hydrogen-bond donors (Lipinski definition) is 1. The molecule has 0 aromatic carbocycles. The number of likely N-dealkylation sites (tertiary alicyclic amines) is 1. The first-order valence-corrected chi connectivity index (χ1v) is 11.7. The maximum Gasteiger partial charge on any atom is 0.350 e. The van der Waals surface area contributed by atoms with E-state index in [4.69, 9.17) is 14.5 Å². The molecule has 1 saturated heterocycles. The van der Waals surface area contributed by atoms with E-state index >= 15 is 0 Å². The van der Waals surface area contributed by atoms with E-state index in [0.717, 1.165) is 53.0 Å². The molecular weight excluding hydrogens is 414 g/mol. The van der Waals surface area contributed by atoms with E-state index in [-0.39, 0.29) is 11.5 Å². The molecule has 8 heteroatoms. The fourth-order valence-electron chi connectivity index (χ4n) is 4.46. The number of anilines is 1. The van der Waals surface area contributed by atoms with Gasteiger partial charge in [0, 0.05) is 23.1 Å². The summed E-state index contributed by atoms with van der Waals surface area (Å²) in [5.74, 6) is 0.139. The first-order valence-electron chi connectivity index (χ1n) is 10.9. The average Bonchev–Trinajstić information content (AvgIpc) is 3.06. The molecule has 1 amide bonds. The molecule has 31 heavy (non-hydrogen) atoms.